The molecule has 4 nitrogen and oxygen atoms in total. The molecule has 0 amide bonds. The molecule has 2 atom stereocenters. The predicted molar refractivity (Wildman–Crippen MR) is 84.7 cm³/mol. The summed E-state index contributed by atoms with van der Waals surface area (Å²) in [6.07, 6.45) is 3.62. The molecule has 2 unspecified atom stereocenters. The molecule has 0 radical (unpaired) electrons. The van der Waals surface area contributed by atoms with Gasteiger partial charge in [-0.1, -0.05) is 13.3 Å². The van der Waals surface area contributed by atoms with Crippen LogP contribution >= 0.6 is 0 Å². The zero-order valence-electron chi connectivity index (χ0n) is 13.6. The Hall–Kier alpha value is -1.42. The molecule has 1 fully saturated rings. The molecule has 1 aromatic carbocycles. The molecular weight excluding hydrogens is 266 g/mol. The van der Waals surface area contributed by atoms with Crippen LogP contribution in [0.4, 0.5) is 0 Å². The Morgan fingerprint density at radius 3 is 2.29 bits per heavy atom. The summed E-state index contributed by atoms with van der Waals surface area (Å²) in [5.74, 6) is 3.40. The van der Waals surface area contributed by atoms with E-state index in [-0.39, 0.29) is 0 Å². The van der Waals surface area contributed by atoms with Gasteiger partial charge < -0.3 is 19.5 Å². The van der Waals surface area contributed by atoms with Gasteiger partial charge in [-0.05, 0) is 55.5 Å². The van der Waals surface area contributed by atoms with Crippen molar-refractivity contribution in [2.45, 2.75) is 32.1 Å². The Balaban J connectivity index is 2.37. The normalized spacial score (nSPS) is 21.9. The maximum atomic E-state index is 5.48. The van der Waals surface area contributed by atoms with Crippen molar-refractivity contribution in [1.29, 1.82) is 0 Å². The van der Waals surface area contributed by atoms with Gasteiger partial charge >= 0.3 is 0 Å². The van der Waals surface area contributed by atoms with Crippen LogP contribution in [-0.2, 0) is 0 Å². The van der Waals surface area contributed by atoms with Gasteiger partial charge in [-0.3, -0.25) is 0 Å². The highest BCUT2D eigenvalue weighted by atomic mass is 16.5. The third-order valence-electron chi connectivity index (χ3n) is 4.38. The van der Waals surface area contributed by atoms with Crippen molar-refractivity contribution in [2.75, 3.05) is 34.4 Å². The smallest absolute Gasteiger partial charge is 0.203 e. The van der Waals surface area contributed by atoms with Gasteiger partial charge in [0.1, 0.15) is 0 Å². The van der Waals surface area contributed by atoms with Crippen molar-refractivity contribution in [2.24, 2.45) is 5.92 Å². The average Bonchev–Trinajstić information content (AvgIpc) is 2.54. The molecule has 118 valence electrons. The summed E-state index contributed by atoms with van der Waals surface area (Å²) in [7, 11) is 4.99. The SMILES string of the molecule is CCCC1CNCCC1c1cc(OC)c(OC)c(OC)c1. The van der Waals surface area contributed by atoms with Crippen LogP contribution < -0.4 is 19.5 Å². The molecule has 1 saturated heterocycles. The molecule has 0 saturated carbocycles. The molecule has 0 aromatic heterocycles. The molecule has 1 aliphatic rings. The van der Waals surface area contributed by atoms with E-state index in [2.05, 4.69) is 24.4 Å². The number of benzene rings is 1. The Morgan fingerprint density at radius 2 is 1.76 bits per heavy atom. The van der Waals surface area contributed by atoms with Crippen molar-refractivity contribution >= 4 is 0 Å². The lowest BCUT2D eigenvalue weighted by molar-refractivity contribution is 0.299. The van der Waals surface area contributed by atoms with E-state index in [0.29, 0.717) is 17.6 Å². The fraction of sp³-hybridized carbons (Fsp3) is 0.647. The van der Waals surface area contributed by atoms with Gasteiger partial charge in [0.05, 0.1) is 21.3 Å². The van der Waals surface area contributed by atoms with Gasteiger partial charge in [0.15, 0.2) is 11.5 Å². The van der Waals surface area contributed by atoms with Gasteiger partial charge in [0.2, 0.25) is 5.75 Å². The second kappa shape index (κ2) is 7.55. The Morgan fingerprint density at radius 1 is 1.10 bits per heavy atom. The van der Waals surface area contributed by atoms with Gasteiger partial charge in [-0.15, -0.1) is 0 Å². The van der Waals surface area contributed by atoms with E-state index in [1.807, 2.05) is 0 Å². The molecule has 1 N–H and O–H groups in total. The minimum absolute atomic E-state index is 0.555. The largest absolute Gasteiger partial charge is 0.493 e. The Labute approximate surface area is 127 Å². The molecule has 1 aliphatic heterocycles. The van der Waals surface area contributed by atoms with Crippen LogP contribution in [0.3, 0.4) is 0 Å². The van der Waals surface area contributed by atoms with Gasteiger partial charge in [-0.25, -0.2) is 0 Å². The van der Waals surface area contributed by atoms with Crippen molar-refractivity contribution < 1.29 is 14.2 Å². The lowest BCUT2D eigenvalue weighted by Gasteiger charge is -2.33. The molecular formula is C17H27NO3. The van der Waals surface area contributed by atoms with Crippen molar-refractivity contribution in [3.05, 3.63) is 17.7 Å². The van der Waals surface area contributed by atoms with Gasteiger partial charge in [0.25, 0.3) is 0 Å². The highest BCUT2D eigenvalue weighted by molar-refractivity contribution is 5.54. The first-order chi connectivity index (χ1) is 10.2. The van der Waals surface area contributed by atoms with E-state index in [1.54, 1.807) is 21.3 Å². The van der Waals surface area contributed by atoms with Crippen LogP contribution in [0.5, 0.6) is 17.2 Å². The Kier molecular flexibility index (Phi) is 5.74. The summed E-state index contributed by atoms with van der Waals surface area (Å²) in [4.78, 5) is 0. The lowest BCUT2D eigenvalue weighted by atomic mass is 9.79. The topological polar surface area (TPSA) is 39.7 Å². The van der Waals surface area contributed by atoms with E-state index in [9.17, 15) is 0 Å². The number of hydrogen-bond donors (Lipinski definition) is 1. The first-order valence-electron chi connectivity index (χ1n) is 7.75. The Bertz CT molecular complexity index is 434. The maximum Gasteiger partial charge on any atom is 0.203 e. The number of methoxy groups -OCH3 is 3. The molecule has 1 aromatic rings. The number of nitrogens with one attached hydrogen (secondary N) is 1. The fourth-order valence-corrected chi connectivity index (χ4v) is 3.35. The highest BCUT2D eigenvalue weighted by Gasteiger charge is 2.27. The zero-order valence-corrected chi connectivity index (χ0v) is 13.6. The number of piperidine rings is 1. The third-order valence-corrected chi connectivity index (χ3v) is 4.38. The average molecular weight is 293 g/mol. The monoisotopic (exact) mass is 293 g/mol. The summed E-state index contributed by atoms with van der Waals surface area (Å²) in [6.45, 7) is 4.41. The summed E-state index contributed by atoms with van der Waals surface area (Å²) in [6, 6.07) is 4.22. The van der Waals surface area contributed by atoms with Crippen LogP contribution in [0.1, 0.15) is 37.7 Å². The fourth-order valence-electron chi connectivity index (χ4n) is 3.35. The molecule has 1 heterocycles. The minimum atomic E-state index is 0.555. The number of hydrogen-bond acceptors (Lipinski definition) is 4. The van der Waals surface area contributed by atoms with Crippen LogP contribution in [0.2, 0.25) is 0 Å². The van der Waals surface area contributed by atoms with Crippen molar-refractivity contribution in [3.63, 3.8) is 0 Å². The van der Waals surface area contributed by atoms with Gasteiger partial charge in [0, 0.05) is 0 Å². The highest BCUT2D eigenvalue weighted by Crippen LogP contribution is 2.43. The van der Waals surface area contributed by atoms with Gasteiger partial charge in [-0.2, -0.15) is 0 Å². The van der Waals surface area contributed by atoms with Crippen LogP contribution in [-0.4, -0.2) is 34.4 Å². The van der Waals surface area contributed by atoms with Crippen LogP contribution in [0.25, 0.3) is 0 Å². The van der Waals surface area contributed by atoms with Crippen LogP contribution in [0, 0.1) is 5.92 Å². The van der Waals surface area contributed by atoms with Crippen molar-refractivity contribution in [1.82, 2.24) is 5.32 Å². The quantitative estimate of drug-likeness (QED) is 0.874. The maximum absolute atomic E-state index is 5.48. The van der Waals surface area contributed by atoms with E-state index in [1.165, 1.54) is 18.4 Å². The van der Waals surface area contributed by atoms with E-state index in [0.717, 1.165) is 31.0 Å². The number of ether oxygens (including phenoxy) is 3. The molecule has 4 heteroatoms. The molecule has 2 rings (SSSR count). The molecule has 0 spiro atoms. The molecule has 0 bridgehead atoms. The van der Waals surface area contributed by atoms with Crippen LogP contribution in [0.15, 0.2) is 12.1 Å². The second-order valence-electron chi connectivity index (χ2n) is 5.61. The summed E-state index contributed by atoms with van der Waals surface area (Å²) in [5.41, 5.74) is 1.30. The molecule has 21 heavy (non-hydrogen) atoms. The predicted octanol–water partition coefficient (Wildman–Crippen LogP) is 3.21. The zero-order chi connectivity index (χ0) is 15.2. The van der Waals surface area contributed by atoms with E-state index >= 15 is 0 Å². The van der Waals surface area contributed by atoms with E-state index < -0.39 is 0 Å². The third kappa shape index (κ3) is 3.43. The standard InChI is InChI=1S/C17H27NO3/c1-5-6-12-11-18-8-7-14(12)13-9-15(19-2)17(21-4)16(10-13)20-3/h9-10,12,14,18H,5-8,11H2,1-4H3. The summed E-state index contributed by atoms with van der Waals surface area (Å²) in [5, 5.41) is 3.51. The summed E-state index contributed by atoms with van der Waals surface area (Å²) < 4.78 is 16.4. The summed E-state index contributed by atoms with van der Waals surface area (Å²) >= 11 is 0. The first-order valence-corrected chi connectivity index (χ1v) is 7.75. The minimum Gasteiger partial charge on any atom is -0.493 e. The number of rotatable bonds is 6. The van der Waals surface area contributed by atoms with E-state index in [4.69, 9.17) is 14.2 Å². The first kappa shape index (κ1) is 16.0. The lowest BCUT2D eigenvalue weighted by Crippen LogP contribution is -2.35. The molecule has 0 aliphatic carbocycles. The second-order valence-corrected chi connectivity index (χ2v) is 5.61. The van der Waals surface area contributed by atoms with Crippen molar-refractivity contribution in [3.8, 4) is 17.2 Å².